The van der Waals surface area contributed by atoms with E-state index in [0.29, 0.717) is 17.8 Å². The van der Waals surface area contributed by atoms with Crippen molar-refractivity contribution in [2.24, 2.45) is 0 Å². The highest BCUT2D eigenvalue weighted by molar-refractivity contribution is 7.89. The standard InChI is InChI=1S/C31H33N3O7S/c1-31(2,3)41-30(36)33-23-16-27-26(14-15-32-28(27)20-35)29(17-23)42(37,38)34(18-21-6-10-24(39-4)11-7-21)19-22-8-12-25(40-5)13-9-22/h6-17,20H,18-19H2,1-5H3,(H,33,36). The van der Waals surface area contributed by atoms with Gasteiger partial charge in [-0.2, -0.15) is 4.31 Å². The van der Waals surface area contributed by atoms with E-state index < -0.39 is 21.7 Å². The molecule has 0 bridgehead atoms. The lowest BCUT2D eigenvalue weighted by Crippen LogP contribution is -2.31. The van der Waals surface area contributed by atoms with Gasteiger partial charge in [0.2, 0.25) is 10.0 Å². The number of carbonyl (C=O) groups excluding carboxylic acids is 2. The van der Waals surface area contributed by atoms with Gasteiger partial charge in [0.15, 0.2) is 6.29 Å². The Hall–Kier alpha value is -4.48. The molecule has 1 N–H and O–H groups in total. The van der Waals surface area contributed by atoms with Crippen LogP contribution in [0.25, 0.3) is 10.8 Å². The SMILES string of the molecule is COc1ccc(CN(Cc2ccc(OC)cc2)S(=O)(=O)c2cc(NC(=O)OC(C)(C)C)cc3c(C=O)nccc23)cc1. The predicted molar refractivity (Wildman–Crippen MR) is 159 cm³/mol. The van der Waals surface area contributed by atoms with Crippen LogP contribution in [0, 0.1) is 0 Å². The molecule has 0 radical (unpaired) electrons. The highest BCUT2D eigenvalue weighted by atomic mass is 32.2. The number of anilines is 1. The number of aromatic nitrogens is 1. The summed E-state index contributed by atoms with van der Waals surface area (Å²) in [4.78, 5) is 28.5. The number of aldehydes is 1. The number of nitrogens with zero attached hydrogens (tertiary/aromatic N) is 2. The molecule has 3 aromatic carbocycles. The second kappa shape index (κ2) is 12.6. The van der Waals surface area contributed by atoms with Crippen molar-refractivity contribution in [2.75, 3.05) is 19.5 Å². The maximum absolute atomic E-state index is 14.5. The molecule has 220 valence electrons. The number of ether oxygens (including phenoxy) is 3. The lowest BCUT2D eigenvalue weighted by molar-refractivity contribution is 0.0635. The zero-order chi connectivity index (χ0) is 30.5. The van der Waals surface area contributed by atoms with Gasteiger partial charge < -0.3 is 14.2 Å². The van der Waals surface area contributed by atoms with Crippen molar-refractivity contribution in [1.82, 2.24) is 9.29 Å². The summed E-state index contributed by atoms with van der Waals surface area (Å²) in [5.41, 5.74) is 0.860. The molecule has 0 unspecified atom stereocenters. The molecule has 4 rings (SSSR count). The minimum atomic E-state index is -4.24. The molecule has 0 aliphatic carbocycles. The summed E-state index contributed by atoms with van der Waals surface area (Å²) in [7, 11) is -1.13. The van der Waals surface area contributed by atoms with E-state index in [1.807, 2.05) is 0 Å². The number of benzene rings is 3. The van der Waals surface area contributed by atoms with Crippen molar-refractivity contribution in [3.8, 4) is 11.5 Å². The first-order valence-corrected chi connectivity index (χ1v) is 14.5. The average molecular weight is 592 g/mol. The van der Waals surface area contributed by atoms with Crippen molar-refractivity contribution >= 4 is 38.9 Å². The second-order valence-electron chi connectivity index (χ2n) is 10.5. The van der Waals surface area contributed by atoms with Crippen LogP contribution in [0.2, 0.25) is 0 Å². The number of hydrogen-bond donors (Lipinski definition) is 1. The van der Waals surface area contributed by atoms with E-state index in [0.717, 1.165) is 11.1 Å². The smallest absolute Gasteiger partial charge is 0.412 e. The third kappa shape index (κ3) is 7.23. The zero-order valence-corrected chi connectivity index (χ0v) is 24.9. The Morgan fingerprint density at radius 2 is 1.43 bits per heavy atom. The highest BCUT2D eigenvalue weighted by Gasteiger charge is 2.29. The van der Waals surface area contributed by atoms with E-state index >= 15 is 0 Å². The Balaban J connectivity index is 1.84. The van der Waals surface area contributed by atoms with Gasteiger partial charge in [-0.1, -0.05) is 24.3 Å². The molecule has 0 aliphatic heterocycles. The number of rotatable bonds is 10. The van der Waals surface area contributed by atoms with E-state index in [9.17, 15) is 18.0 Å². The van der Waals surface area contributed by atoms with Crippen molar-refractivity contribution in [3.63, 3.8) is 0 Å². The largest absolute Gasteiger partial charge is 0.497 e. The number of carbonyl (C=O) groups is 2. The first kappa shape index (κ1) is 30.5. The van der Waals surface area contributed by atoms with E-state index in [1.54, 1.807) is 83.5 Å². The van der Waals surface area contributed by atoms with Gasteiger partial charge in [0.1, 0.15) is 22.8 Å². The number of pyridine rings is 1. The fourth-order valence-electron chi connectivity index (χ4n) is 4.31. The second-order valence-corrected chi connectivity index (χ2v) is 12.4. The predicted octanol–water partition coefficient (Wildman–Crippen LogP) is 5.80. The molecule has 1 heterocycles. The lowest BCUT2D eigenvalue weighted by Gasteiger charge is -2.24. The highest BCUT2D eigenvalue weighted by Crippen LogP contribution is 2.33. The minimum Gasteiger partial charge on any atom is -0.497 e. The van der Waals surface area contributed by atoms with Gasteiger partial charge in [-0.3, -0.25) is 15.1 Å². The Morgan fingerprint density at radius 3 is 1.90 bits per heavy atom. The number of methoxy groups -OCH3 is 2. The summed E-state index contributed by atoms with van der Waals surface area (Å²) in [5.74, 6) is 1.29. The molecule has 10 nitrogen and oxygen atoms in total. The molecule has 0 saturated heterocycles. The number of fused-ring (bicyclic) bond motifs is 1. The first-order valence-electron chi connectivity index (χ1n) is 13.1. The van der Waals surface area contributed by atoms with Crippen molar-refractivity contribution < 1.29 is 32.2 Å². The van der Waals surface area contributed by atoms with Crippen LogP contribution in [0.4, 0.5) is 10.5 Å². The molecule has 1 aromatic heterocycles. The maximum Gasteiger partial charge on any atom is 0.412 e. The van der Waals surface area contributed by atoms with Gasteiger partial charge in [0.05, 0.1) is 19.1 Å². The van der Waals surface area contributed by atoms with E-state index in [1.165, 1.54) is 28.7 Å². The van der Waals surface area contributed by atoms with Gasteiger partial charge in [0, 0.05) is 35.7 Å². The Labute approximate surface area is 245 Å². The number of nitrogens with one attached hydrogen (secondary N) is 1. The lowest BCUT2D eigenvalue weighted by atomic mass is 10.1. The van der Waals surface area contributed by atoms with E-state index in [4.69, 9.17) is 14.2 Å². The van der Waals surface area contributed by atoms with Crippen LogP contribution in [-0.2, 0) is 27.8 Å². The van der Waals surface area contributed by atoms with Crippen molar-refractivity contribution in [1.29, 1.82) is 0 Å². The molecule has 4 aromatic rings. The van der Waals surface area contributed by atoms with Crippen LogP contribution >= 0.6 is 0 Å². The molecule has 0 fully saturated rings. The minimum absolute atomic E-state index is 0.0358. The molecular weight excluding hydrogens is 558 g/mol. The van der Waals surface area contributed by atoms with Gasteiger partial charge >= 0.3 is 6.09 Å². The Kier molecular flexibility index (Phi) is 9.13. The molecule has 11 heteroatoms. The van der Waals surface area contributed by atoms with Crippen molar-refractivity contribution in [2.45, 2.75) is 44.4 Å². The van der Waals surface area contributed by atoms with Gasteiger partial charge in [-0.25, -0.2) is 13.2 Å². The van der Waals surface area contributed by atoms with Gasteiger partial charge in [0.25, 0.3) is 0 Å². The van der Waals surface area contributed by atoms with E-state index in [-0.39, 0.29) is 40.1 Å². The summed E-state index contributed by atoms with van der Waals surface area (Å²) < 4.78 is 46.2. The molecular formula is C31H33N3O7S. The van der Waals surface area contributed by atoms with Crippen molar-refractivity contribution in [3.05, 3.63) is 89.7 Å². The Bertz CT molecular complexity index is 1630. The number of amides is 1. The summed E-state index contributed by atoms with van der Waals surface area (Å²) >= 11 is 0. The fourth-order valence-corrected chi connectivity index (χ4v) is 5.96. The average Bonchev–Trinajstić information content (AvgIpc) is 2.95. The van der Waals surface area contributed by atoms with Gasteiger partial charge in [-0.15, -0.1) is 0 Å². The molecule has 0 spiro atoms. The zero-order valence-electron chi connectivity index (χ0n) is 24.1. The maximum atomic E-state index is 14.5. The number of hydrogen-bond acceptors (Lipinski definition) is 8. The van der Waals surface area contributed by atoms with Crippen LogP contribution < -0.4 is 14.8 Å². The fraction of sp³-hybridized carbons (Fsp3) is 0.258. The Morgan fingerprint density at radius 1 is 0.881 bits per heavy atom. The first-order chi connectivity index (χ1) is 19.9. The van der Waals surface area contributed by atoms with Crippen LogP contribution in [0.1, 0.15) is 42.4 Å². The summed E-state index contributed by atoms with van der Waals surface area (Å²) in [6, 6.07) is 18.6. The third-order valence-corrected chi connectivity index (χ3v) is 8.12. The van der Waals surface area contributed by atoms with Gasteiger partial charge in [-0.05, 0) is 74.4 Å². The van der Waals surface area contributed by atoms with Crippen LogP contribution in [0.15, 0.2) is 77.8 Å². The summed E-state index contributed by atoms with van der Waals surface area (Å²) in [6.45, 7) is 5.22. The van der Waals surface area contributed by atoms with Crippen LogP contribution in [0.3, 0.4) is 0 Å². The molecule has 1 amide bonds. The molecule has 42 heavy (non-hydrogen) atoms. The normalized spacial score (nSPS) is 11.8. The summed E-state index contributed by atoms with van der Waals surface area (Å²) in [5, 5.41) is 3.16. The van der Waals surface area contributed by atoms with Crippen LogP contribution in [-0.4, -0.2) is 49.9 Å². The molecule has 0 saturated carbocycles. The van der Waals surface area contributed by atoms with E-state index in [2.05, 4.69) is 10.3 Å². The van der Waals surface area contributed by atoms with Crippen LogP contribution in [0.5, 0.6) is 11.5 Å². The number of sulfonamides is 1. The monoisotopic (exact) mass is 591 g/mol. The summed E-state index contributed by atoms with van der Waals surface area (Å²) in [6.07, 6.45) is 1.15. The topological polar surface area (TPSA) is 124 Å². The molecule has 0 aliphatic rings. The quantitative estimate of drug-likeness (QED) is 0.230. The third-order valence-electron chi connectivity index (χ3n) is 6.28. The molecule has 0 atom stereocenters.